The van der Waals surface area contributed by atoms with Gasteiger partial charge in [0.1, 0.15) is 12.4 Å². The fraction of sp³-hybridized carbons (Fsp3) is 0.333. The summed E-state index contributed by atoms with van der Waals surface area (Å²) in [5, 5.41) is 3.28. The van der Waals surface area contributed by atoms with E-state index >= 15 is 0 Å². The van der Waals surface area contributed by atoms with E-state index in [9.17, 15) is 0 Å². The molecule has 0 saturated carbocycles. The number of nitrogens with one attached hydrogen (secondary N) is 1. The van der Waals surface area contributed by atoms with Crippen molar-refractivity contribution in [3.8, 4) is 5.75 Å². The van der Waals surface area contributed by atoms with Gasteiger partial charge in [0.05, 0.1) is 5.69 Å². The van der Waals surface area contributed by atoms with Gasteiger partial charge in [-0.1, -0.05) is 12.1 Å². The first-order valence-corrected chi connectivity index (χ1v) is 3.84. The van der Waals surface area contributed by atoms with E-state index in [-0.39, 0.29) is 0 Å². The molecule has 1 aliphatic rings. The van der Waals surface area contributed by atoms with Gasteiger partial charge in [-0.2, -0.15) is 0 Å². The number of anilines is 1. The lowest BCUT2D eigenvalue weighted by molar-refractivity contribution is 0.321. The molecule has 1 aliphatic heterocycles. The van der Waals surface area contributed by atoms with E-state index < -0.39 is 0 Å². The summed E-state index contributed by atoms with van der Waals surface area (Å²) in [4.78, 5) is 0. The molecule has 2 heteroatoms. The average Bonchev–Trinajstić information content (AvgIpc) is 2.06. The van der Waals surface area contributed by atoms with Gasteiger partial charge >= 0.3 is 0 Å². The van der Waals surface area contributed by atoms with Crippen LogP contribution in [0.5, 0.6) is 5.75 Å². The number of benzene rings is 1. The van der Waals surface area contributed by atoms with Crippen LogP contribution in [0.3, 0.4) is 0 Å². The molecule has 0 aliphatic carbocycles. The molecule has 58 valence electrons. The molecular formula is C9H11NO. The second-order valence-electron chi connectivity index (χ2n) is 2.73. The Labute approximate surface area is 66.2 Å². The van der Waals surface area contributed by atoms with Gasteiger partial charge in [-0.05, 0) is 18.6 Å². The molecule has 0 unspecified atom stereocenters. The molecule has 0 saturated heterocycles. The Kier molecular flexibility index (Phi) is 1.46. The Bertz CT molecular complexity index is 270. The topological polar surface area (TPSA) is 21.3 Å². The smallest absolute Gasteiger partial charge is 0.145 e. The predicted molar refractivity (Wildman–Crippen MR) is 45.2 cm³/mol. The van der Waals surface area contributed by atoms with Crippen molar-refractivity contribution < 1.29 is 4.74 Å². The number of hydrogen-bond donors (Lipinski definition) is 1. The van der Waals surface area contributed by atoms with E-state index in [4.69, 9.17) is 4.74 Å². The first-order chi connectivity index (χ1) is 5.38. The molecule has 2 nitrogen and oxygen atoms in total. The van der Waals surface area contributed by atoms with E-state index in [1.807, 2.05) is 12.1 Å². The minimum atomic E-state index is 0.776. The molecular weight excluding hydrogens is 138 g/mol. The number of ether oxygens (including phenoxy) is 1. The van der Waals surface area contributed by atoms with Crippen LogP contribution in [0.2, 0.25) is 0 Å². The number of hydrogen-bond acceptors (Lipinski definition) is 2. The monoisotopic (exact) mass is 149 g/mol. The summed E-state index contributed by atoms with van der Waals surface area (Å²) in [5.41, 5.74) is 2.32. The maximum absolute atomic E-state index is 5.49. The standard InChI is InChI=1S/C9H11NO/c1-7-3-2-4-8-9(7)11-6-5-10-8/h2-4,10H,5-6H2,1H3. The maximum atomic E-state index is 5.49. The number of fused-ring (bicyclic) bond motifs is 1. The molecule has 1 heterocycles. The second-order valence-corrected chi connectivity index (χ2v) is 2.73. The molecule has 0 aromatic heterocycles. The SMILES string of the molecule is Cc1cccc2c1OCCN2. The van der Waals surface area contributed by atoms with Gasteiger partial charge in [-0.25, -0.2) is 0 Å². The molecule has 0 bridgehead atoms. The van der Waals surface area contributed by atoms with Crippen molar-refractivity contribution in [2.24, 2.45) is 0 Å². The van der Waals surface area contributed by atoms with Crippen LogP contribution in [0.1, 0.15) is 5.56 Å². The summed E-state index contributed by atoms with van der Waals surface area (Å²) in [5.74, 6) is 1.01. The van der Waals surface area contributed by atoms with Crippen LogP contribution in [-0.2, 0) is 0 Å². The summed E-state index contributed by atoms with van der Waals surface area (Å²) >= 11 is 0. The lowest BCUT2D eigenvalue weighted by Gasteiger charge is -2.20. The van der Waals surface area contributed by atoms with Gasteiger partial charge in [0.2, 0.25) is 0 Å². The third-order valence-corrected chi connectivity index (χ3v) is 1.88. The first-order valence-electron chi connectivity index (χ1n) is 3.84. The summed E-state index contributed by atoms with van der Waals surface area (Å²) in [6, 6.07) is 6.14. The van der Waals surface area contributed by atoms with Crippen molar-refractivity contribution in [3.05, 3.63) is 23.8 Å². The van der Waals surface area contributed by atoms with Crippen molar-refractivity contribution in [1.29, 1.82) is 0 Å². The Morgan fingerprint density at radius 2 is 2.36 bits per heavy atom. The number of para-hydroxylation sites is 1. The quantitative estimate of drug-likeness (QED) is 0.607. The summed E-state index contributed by atoms with van der Waals surface area (Å²) in [6.45, 7) is 3.75. The van der Waals surface area contributed by atoms with Gasteiger partial charge in [0.15, 0.2) is 0 Å². The van der Waals surface area contributed by atoms with E-state index in [2.05, 4.69) is 18.3 Å². The van der Waals surface area contributed by atoms with Crippen molar-refractivity contribution in [1.82, 2.24) is 0 Å². The Hall–Kier alpha value is -1.18. The number of rotatable bonds is 0. The molecule has 1 aromatic rings. The van der Waals surface area contributed by atoms with E-state index in [0.717, 1.165) is 24.6 Å². The molecule has 0 radical (unpaired) electrons. The van der Waals surface area contributed by atoms with Crippen LogP contribution in [0.15, 0.2) is 18.2 Å². The highest BCUT2D eigenvalue weighted by atomic mass is 16.5. The van der Waals surface area contributed by atoms with Crippen LogP contribution >= 0.6 is 0 Å². The van der Waals surface area contributed by atoms with Gasteiger partial charge in [0, 0.05) is 6.54 Å². The van der Waals surface area contributed by atoms with Crippen LogP contribution in [-0.4, -0.2) is 13.2 Å². The lowest BCUT2D eigenvalue weighted by Crippen LogP contribution is -2.18. The minimum Gasteiger partial charge on any atom is -0.489 e. The van der Waals surface area contributed by atoms with Gasteiger partial charge in [-0.15, -0.1) is 0 Å². The van der Waals surface area contributed by atoms with E-state index in [1.54, 1.807) is 0 Å². The van der Waals surface area contributed by atoms with Crippen LogP contribution in [0.25, 0.3) is 0 Å². The zero-order valence-corrected chi connectivity index (χ0v) is 6.55. The third-order valence-electron chi connectivity index (χ3n) is 1.88. The lowest BCUT2D eigenvalue weighted by atomic mass is 10.2. The van der Waals surface area contributed by atoms with Crippen LogP contribution in [0.4, 0.5) is 5.69 Å². The van der Waals surface area contributed by atoms with Crippen molar-refractivity contribution in [2.75, 3.05) is 18.5 Å². The summed E-state index contributed by atoms with van der Waals surface area (Å²) in [7, 11) is 0. The van der Waals surface area contributed by atoms with E-state index in [0.29, 0.717) is 0 Å². The second kappa shape index (κ2) is 2.46. The highest BCUT2D eigenvalue weighted by Crippen LogP contribution is 2.29. The van der Waals surface area contributed by atoms with Crippen LogP contribution in [0, 0.1) is 6.92 Å². The zero-order valence-electron chi connectivity index (χ0n) is 6.55. The predicted octanol–water partition coefficient (Wildman–Crippen LogP) is 1.80. The molecule has 1 aromatic carbocycles. The molecule has 0 atom stereocenters. The highest BCUT2D eigenvalue weighted by molar-refractivity contribution is 5.60. The normalized spacial score (nSPS) is 14.6. The first kappa shape index (κ1) is 6.53. The fourth-order valence-corrected chi connectivity index (χ4v) is 1.32. The Balaban J connectivity index is 2.49. The van der Waals surface area contributed by atoms with Crippen molar-refractivity contribution in [3.63, 3.8) is 0 Å². The molecule has 0 amide bonds. The van der Waals surface area contributed by atoms with Crippen LogP contribution < -0.4 is 10.1 Å². The fourth-order valence-electron chi connectivity index (χ4n) is 1.32. The Morgan fingerprint density at radius 3 is 3.18 bits per heavy atom. The van der Waals surface area contributed by atoms with Gasteiger partial charge in [0.25, 0.3) is 0 Å². The third kappa shape index (κ3) is 1.04. The highest BCUT2D eigenvalue weighted by Gasteiger charge is 2.09. The molecule has 2 rings (SSSR count). The molecule has 11 heavy (non-hydrogen) atoms. The van der Waals surface area contributed by atoms with Crippen molar-refractivity contribution >= 4 is 5.69 Å². The molecule has 1 N–H and O–H groups in total. The minimum absolute atomic E-state index is 0.776. The number of aryl methyl sites for hydroxylation is 1. The average molecular weight is 149 g/mol. The summed E-state index contributed by atoms with van der Waals surface area (Å²) < 4.78 is 5.49. The largest absolute Gasteiger partial charge is 0.489 e. The molecule has 0 spiro atoms. The molecule has 0 fully saturated rings. The van der Waals surface area contributed by atoms with Crippen molar-refractivity contribution in [2.45, 2.75) is 6.92 Å². The van der Waals surface area contributed by atoms with Gasteiger partial charge in [-0.3, -0.25) is 0 Å². The Morgan fingerprint density at radius 1 is 1.45 bits per heavy atom. The van der Waals surface area contributed by atoms with E-state index in [1.165, 1.54) is 5.56 Å². The summed E-state index contributed by atoms with van der Waals surface area (Å²) in [6.07, 6.45) is 0. The van der Waals surface area contributed by atoms with Gasteiger partial charge < -0.3 is 10.1 Å². The maximum Gasteiger partial charge on any atom is 0.145 e. The zero-order chi connectivity index (χ0) is 7.68.